The van der Waals surface area contributed by atoms with Crippen molar-refractivity contribution in [1.29, 1.82) is 0 Å². The average molecular weight is 360 g/mol. The zero-order valence-electron chi connectivity index (χ0n) is 13.7. The first kappa shape index (κ1) is 17.1. The summed E-state index contributed by atoms with van der Waals surface area (Å²) in [4.78, 5) is 10.7. The maximum absolute atomic E-state index is 12.2. The predicted octanol–water partition coefficient (Wildman–Crippen LogP) is 2.24. The van der Waals surface area contributed by atoms with Crippen LogP contribution in [0.4, 0.5) is 5.69 Å². The first-order valence-corrected chi connectivity index (χ1v) is 8.84. The van der Waals surface area contributed by atoms with E-state index in [1.165, 1.54) is 32.3 Å². The first-order valence-electron chi connectivity index (χ1n) is 7.40. The second kappa shape index (κ2) is 6.26. The van der Waals surface area contributed by atoms with E-state index >= 15 is 0 Å². The Morgan fingerprint density at radius 2 is 1.96 bits per heavy atom. The highest BCUT2D eigenvalue weighted by Crippen LogP contribution is 2.22. The first-order chi connectivity index (χ1) is 11.8. The van der Waals surface area contributed by atoms with Crippen LogP contribution < -0.4 is 0 Å². The number of aromatic nitrogens is 2. The molecule has 0 unspecified atom stereocenters. The molecule has 0 saturated heterocycles. The lowest BCUT2D eigenvalue weighted by Gasteiger charge is -2.12. The summed E-state index contributed by atoms with van der Waals surface area (Å²) in [6.07, 6.45) is 1.62. The number of hydrogen-bond donors (Lipinski definition) is 0. The molecule has 0 aliphatic rings. The summed E-state index contributed by atoms with van der Waals surface area (Å²) in [5.41, 5.74) is 1.34. The minimum absolute atomic E-state index is 0.0156. The minimum Gasteiger partial charge on any atom is -0.260 e. The third-order valence-electron chi connectivity index (χ3n) is 3.85. The molecule has 0 aliphatic heterocycles. The highest BCUT2D eigenvalue weighted by Gasteiger charge is 2.17. The SMILES string of the molecule is CN(C)S(=O)(=O)c1cccc(Cn2ncc3ccc([N+](=O)[O-])cc32)c1. The third-order valence-corrected chi connectivity index (χ3v) is 5.66. The Balaban J connectivity index is 1.99. The molecule has 2 aromatic carbocycles. The van der Waals surface area contributed by atoms with Gasteiger partial charge >= 0.3 is 0 Å². The number of nitrogens with zero attached hydrogens (tertiary/aromatic N) is 4. The van der Waals surface area contributed by atoms with Gasteiger partial charge in [-0.1, -0.05) is 12.1 Å². The normalized spacial score (nSPS) is 12.0. The van der Waals surface area contributed by atoms with Gasteiger partial charge in [0.15, 0.2) is 0 Å². The van der Waals surface area contributed by atoms with Crippen LogP contribution in [-0.2, 0) is 16.6 Å². The van der Waals surface area contributed by atoms with Gasteiger partial charge in [0.05, 0.1) is 28.1 Å². The molecule has 0 spiro atoms. The van der Waals surface area contributed by atoms with E-state index in [0.29, 0.717) is 12.1 Å². The Labute approximate surface area is 144 Å². The van der Waals surface area contributed by atoms with Crippen LogP contribution in [0.3, 0.4) is 0 Å². The van der Waals surface area contributed by atoms with E-state index in [1.54, 1.807) is 35.1 Å². The molecule has 3 aromatic rings. The van der Waals surface area contributed by atoms with E-state index in [9.17, 15) is 18.5 Å². The zero-order chi connectivity index (χ0) is 18.2. The molecule has 0 saturated carbocycles. The molecule has 1 aromatic heterocycles. The van der Waals surface area contributed by atoms with E-state index in [2.05, 4.69) is 5.10 Å². The third kappa shape index (κ3) is 3.24. The van der Waals surface area contributed by atoms with Crippen molar-refractivity contribution < 1.29 is 13.3 Å². The summed E-state index contributed by atoms with van der Waals surface area (Å²) < 4.78 is 27.3. The van der Waals surface area contributed by atoms with E-state index in [-0.39, 0.29) is 10.6 Å². The van der Waals surface area contributed by atoms with Crippen LogP contribution in [0.15, 0.2) is 53.6 Å². The second-order valence-electron chi connectivity index (χ2n) is 5.74. The van der Waals surface area contributed by atoms with Gasteiger partial charge in [0.25, 0.3) is 5.69 Å². The van der Waals surface area contributed by atoms with Gasteiger partial charge in [0.2, 0.25) is 10.0 Å². The summed E-state index contributed by atoms with van der Waals surface area (Å²) in [5.74, 6) is 0. The molecule has 0 N–H and O–H groups in total. The van der Waals surface area contributed by atoms with Crippen LogP contribution in [0, 0.1) is 10.1 Å². The van der Waals surface area contributed by atoms with Crippen molar-refractivity contribution in [2.45, 2.75) is 11.4 Å². The van der Waals surface area contributed by atoms with Crippen molar-refractivity contribution in [3.8, 4) is 0 Å². The molecule has 1 heterocycles. The summed E-state index contributed by atoms with van der Waals surface area (Å²) >= 11 is 0. The lowest BCUT2D eigenvalue weighted by molar-refractivity contribution is -0.384. The van der Waals surface area contributed by atoms with Crippen molar-refractivity contribution in [3.63, 3.8) is 0 Å². The fourth-order valence-electron chi connectivity index (χ4n) is 2.49. The van der Waals surface area contributed by atoms with Gasteiger partial charge in [-0.3, -0.25) is 14.8 Å². The Hall–Kier alpha value is -2.78. The van der Waals surface area contributed by atoms with Crippen LogP contribution in [0.25, 0.3) is 10.9 Å². The summed E-state index contributed by atoms with van der Waals surface area (Å²) in [5, 5.41) is 16.0. The zero-order valence-corrected chi connectivity index (χ0v) is 14.5. The quantitative estimate of drug-likeness (QED) is 0.513. The van der Waals surface area contributed by atoms with E-state index in [1.807, 2.05) is 0 Å². The lowest BCUT2D eigenvalue weighted by Crippen LogP contribution is -2.22. The Morgan fingerprint density at radius 1 is 1.20 bits per heavy atom. The van der Waals surface area contributed by atoms with Gasteiger partial charge in [0, 0.05) is 31.6 Å². The molecule has 130 valence electrons. The largest absolute Gasteiger partial charge is 0.271 e. The number of nitro benzene ring substituents is 1. The Kier molecular flexibility index (Phi) is 4.27. The van der Waals surface area contributed by atoms with Crippen molar-refractivity contribution >= 4 is 26.6 Å². The summed E-state index contributed by atoms with van der Waals surface area (Å²) in [6, 6.07) is 11.1. The topological polar surface area (TPSA) is 98.3 Å². The Bertz CT molecular complexity index is 1060. The standard InChI is InChI=1S/C16H16N4O4S/c1-18(2)25(23,24)15-5-3-4-12(8-15)11-19-16-9-14(20(21)22)7-6-13(16)10-17-19/h3-10H,11H2,1-2H3. The fourth-order valence-corrected chi connectivity index (χ4v) is 3.46. The number of nitro groups is 1. The number of hydrogen-bond acceptors (Lipinski definition) is 5. The van der Waals surface area contributed by atoms with E-state index in [0.717, 1.165) is 15.3 Å². The molecular formula is C16H16N4O4S. The van der Waals surface area contributed by atoms with Gasteiger partial charge in [-0.05, 0) is 23.8 Å². The minimum atomic E-state index is -3.52. The molecule has 0 bridgehead atoms. The monoisotopic (exact) mass is 360 g/mol. The van der Waals surface area contributed by atoms with Gasteiger partial charge in [-0.2, -0.15) is 5.10 Å². The second-order valence-corrected chi connectivity index (χ2v) is 7.89. The van der Waals surface area contributed by atoms with Crippen LogP contribution >= 0.6 is 0 Å². The van der Waals surface area contributed by atoms with Gasteiger partial charge in [0.1, 0.15) is 0 Å². The molecule has 9 heteroatoms. The molecule has 3 rings (SSSR count). The van der Waals surface area contributed by atoms with E-state index in [4.69, 9.17) is 0 Å². The predicted molar refractivity (Wildman–Crippen MR) is 92.8 cm³/mol. The maximum Gasteiger partial charge on any atom is 0.271 e. The van der Waals surface area contributed by atoms with Crippen molar-refractivity contribution in [3.05, 3.63) is 64.3 Å². The molecule has 0 fully saturated rings. The van der Waals surface area contributed by atoms with Gasteiger partial charge < -0.3 is 0 Å². The molecule has 8 nitrogen and oxygen atoms in total. The van der Waals surface area contributed by atoms with Crippen LogP contribution in [0.1, 0.15) is 5.56 Å². The number of benzene rings is 2. The van der Waals surface area contributed by atoms with Gasteiger partial charge in [-0.15, -0.1) is 0 Å². The smallest absolute Gasteiger partial charge is 0.260 e. The number of sulfonamides is 1. The Morgan fingerprint density at radius 3 is 2.64 bits per heavy atom. The lowest BCUT2D eigenvalue weighted by atomic mass is 10.2. The summed E-state index contributed by atoms with van der Waals surface area (Å²) in [7, 11) is -0.576. The summed E-state index contributed by atoms with van der Waals surface area (Å²) in [6.45, 7) is 0.307. The molecule has 0 atom stereocenters. The number of fused-ring (bicyclic) bond motifs is 1. The van der Waals surface area contributed by atoms with E-state index < -0.39 is 14.9 Å². The average Bonchev–Trinajstić information content (AvgIpc) is 2.97. The van der Waals surface area contributed by atoms with Crippen LogP contribution in [-0.4, -0.2) is 41.5 Å². The molecule has 25 heavy (non-hydrogen) atoms. The highest BCUT2D eigenvalue weighted by atomic mass is 32.2. The van der Waals surface area contributed by atoms with Crippen molar-refractivity contribution in [2.75, 3.05) is 14.1 Å². The number of rotatable bonds is 5. The van der Waals surface area contributed by atoms with Crippen LogP contribution in [0.2, 0.25) is 0 Å². The maximum atomic E-state index is 12.2. The molecule has 0 amide bonds. The number of non-ortho nitro benzene ring substituents is 1. The van der Waals surface area contributed by atoms with Gasteiger partial charge in [-0.25, -0.2) is 12.7 Å². The molecular weight excluding hydrogens is 344 g/mol. The highest BCUT2D eigenvalue weighted by molar-refractivity contribution is 7.89. The molecule has 0 radical (unpaired) electrons. The van der Waals surface area contributed by atoms with Crippen molar-refractivity contribution in [2.24, 2.45) is 0 Å². The fraction of sp³-hybridized carbons (Fsp3) is 0.188. The molecule has 0 aliphatic carbocycles. The van der Waals surface area contributed by atoms with Crippen molar-refractivity contribution in [1.82, 2.24) is 14.1 Å². The van der Waals surface area contributed by atoms with Crippen LogP contribution in [0.5, 0.6) is 0 Å².